The van der Waals surface area contributed by atoms with Crippen LogP contribution in [0.2, 0.25) is 0 Å². The molecule has 18 heavy (non-hydrogen) atoms. The van der Waals surface area contributed by atoms with E-state index in [0.717, 1.165) is 6.42 Å². The van der Waals surface area contributed by atoms with Crippen LogP contribution < -0.4 is 5.73 Å². The van der Waals surface area contributed by atoms with Crippen LogP contribution in [0.25, 0.3) is 0 Å². The molecule has 0 radical (unpaired) electrons. The standard InChI is InChI=1S/C13H26N2O3/c1-3-11(9-14)8-12(16)15(2)10-13(17)4-6-18-7-5-13/h11,17H,3-10,14H2,1-2H3. The summed E-state index contributed by atoms with van der Waals surface area (Å²) in [5.41, 5.74) is 4.82. The number of nitrogens with zero attached hydrogens (tertiary/aromatic N) is 1. The van der Waals surface area contributed by atoms with E-state index >= 15 is 0 Å². The minimum atomic E-state index is -0.785. The lowest BCUT2D eigenvalue weighted by atomic mass is 9.93. The van der Waals surface area contributed by atoms with Crippen LogP contribution in [0.1, 0.15) is 32.6 Å². The van der Waals surface area contributed by atoms with Crippen molar-refractivity contribution in [3.05, 3.63) is 0 Å². The number of ether oxygens (including phenoxy) is 1. The second kappa shape index (κ2) is 7.07. The van der Waals surface area contributed by atoms with Gasteiger partial charge in [0.25, 0.3) is 0 Å². The molecule has 0 saturated carbocycles. The molecule has 1 saturated heterocycles. The van der Waals surface area contributed by atoms with Gasteiger partial charge < -0.3 is 20.5 Å². The van der Waals surface area contributed by atoms with E-state index in [0.29, 0.717) is 45.6 Å². The molecular formula is C13H26N2O3. The smallest absolute Gasteiger partial charge is 0.222 e. The van der Waals surface area contributed by atoms with Gasteiger partial charge in [-0.1, -0.05) is 13.3 Å². The first kappa shape index (κ1) is 15.4. The Labute approximate surface area is 109 Å². The Balaban J connectivity index is 2.43. The van der Waals surface area contributed by atoms with Gasteiger partial charge >= 0.3 is 0 Å². The highest BCUT2D eigenvalue weighted by molar-refractivity contribution is 5.76. The van der Waals surface area contributed by atoms with Crippen molar-refractivity contribution in [2.24, 2.45) is 11.7 Å². The van der Waals surface area contributed by atoms with Crippen LogP contribution in [0.5, 0.6) is 0 Å². The molecule has 0 aromatic rings. The number of rotatable bonds is 6. The van der Waals surface area contributed by atoms with Crippen molar-refractivity contribution in [1.82, 2.24) is 4.90 Å². The van der Waals surface area contributed by atoms with E-state index in [9.17, 15) is 9.90 Å². The Kier molecular flexibility index (Phi) is 6.05. The summed E-state index contributed by atoms with van der Waals surface area (Å²) < 4.78 is 5.23. The summed E-state index contributed by atoms with van der Waals surface area (Å²) in [6, 6.07) is 0. The highest BCUT2D eigenvalue weighted by Crippen LogP contribution is 2.22. The summed E-state index contributed by atoms with van der Waals surface area (Å²) >= 11 is 0. The molecule has 0 aliphatic carbocycles. The Hall–Kier alpha value is -0.650. The normalized spacial score (nSPS) is 20.4. The van der Waals surface area contributed by atoms with Gasteiger partial charge in [-0.3, -0.25) is 4.79 Å². The van der Waals surface area contributed by atoms with Crippen LogP contribution in [0.15, 0.2) is 0 Å². The molecule has 1 aliphatic heterocycles. The Morgan fingerprint density at radius 2 is 2.11 bits per heavy atom. The number of likely N-dealkylation sites (N-methyl/N-ethyl adjacent to an activating group) is 1. The SMILES string of the molecule is CCC(CN)CC(=O)N(C)CC1(O)CCOCC1. The minimum Gasteiger partial charge on any atom is -0.388 e. The number of nitrogens with two attached hydrogens (primary N) is 1. The first-order valence-corrected chi connectivity index (χ1v) is 6.75. The maximum absolute atomic E-state index is 12.0. The van der Waals surface area contributed by atoms with Crippen molar-refractivity contribution in [3.8, 4) is 0 Å². The predicted molar refractivity (Wildman–Crippen MR) is 70.1 cm³/mol. The molecule has 5 heteroatoms. The van der Waals surface area contributed by atoms with Crippen LogP contribution in [-0.4, -0.2) is 54.9 Å². The Bertz CT molecular complexity index is 261. The monoisotopic (exact) mass is 258 g/mol. The third-order valence-corrected chi connectivity index (χ3v) is 3.75. The van der Waals surface area contributed by atoms with E-state index in [1.54, 1.807) is 11.9 Å². The molecule has 1 amide bonds. The molecule has 106 valence electrons. The zero-order valence-electron chi connectivity index (χ0n) is 11.5. The quantitative estimate of drug-likeness (QED) is 0.721. The molecule has 3 N–H and O–H groups in total. The second-order valence-corrected chi connectivity index (χ2v) is 5.30. The molecule has 1 aliphatic rings. The molecule has 0 aromatic carbocycles. The predicted octanol–water partition coefficient (Wildman–Crippen LogP) is 0.361. The van der Waals surface area contributed by atoms with E-state index in [-0.39, 0.29) is 11.8 Å². The van der Waals surface area contributed by atoms with Crippen molar-refractivity contribution >= 4 is 5.91 Å². The molecule has 0 bridgehead atoms. The zero-order chi connectivity index (χ0) is 13.6. The summed E-state index contributed by atoms with van der Waals surface area (Å²) in [5.74, 6) is 0.302. The molecule has 1 atom stereocenters. The summed E-state index contributed by atoms with van der Waals surface area (Å²) in [7, 11) is 1.75. The molecule has 0 spiro atoms. The van der Waals surface area contributed by atoms with Crippen LogP contribution in [-0.2, 0) is 9.53 Å². The Morgan fingerprint density at radius 3 is 2.61 bits per heavy atom. The van der Waals surface area contributed by atoms with Crippen LogP contribution >= 0.6 is 0 Å². The van der Waals surface area contributed by atoms with Gasteiger partial charge in [-0.15, -0.1) is 0 Å². The van der Waals surface area contributed by atoms with Gasteiger partial charge in [0, 0.05) is 46.1 Å². The van der Waals surface area contributed by atoms with Gasteiger partial charge in [0.2, 0.25) is 5.91 Å². The van der Waals surface area contributed by atoms with Gasteiger partial charge in [-0.25, -0.2) is 0 Å². The third kappa shape index (κ3) is 4.55. The van der Waals surface area contributed by atoms with Gasteiger partial charge in [-0.05, 0) is 12.5 Å². The number of hydrogen-bond donors (Lipinski definition) is 2. The fourth-order valence-corrected chi connectivity index (χ4v) is 2.24. The minimum absolute atomic E-state index is 0.0622. The molecule has 1 fully saturated rings. The van der Waals surface area contributed by atoms with E-state index in [1.165, 1.54) is 0 Å². The summed E-state index contributed by atoms with van der Waals surface area (Å²) in [6.45, 7) is 4.10. The van der Waals surface area contributed by atoms with Crippen molar-refractivity contribution in [2.45, 2.75) is 38.2 Å². The topological polar surface area (TPSA) is 75.8 Å². The average Bonchev–Trinajstić information content (AvgIpc) is 2.35. The zero-order valence-corrected chi connectivity index (χ0v) is 11.5. The summed E-state index contributed by atoms with van der Waals surface area (Å²) in [6.07, 6.45) is 2.57. The number of carbonyl (C=O) groups excluding carboxylic acids is 1. The maximum Gasteiger partial charge on any atom is 0.222 e. The number of carbonyl (C=O) groups is 1. The van der Waals surface area contributed by atoms with Crippen molar-refractivity contribution in [1.29, 1.82) is 0 Å². The fourth-order valence-electron chi connectivity index (χ4n) is 2.24. The highest BCUT2D eigenvalue weighted by atomic mass is 16.5. The lowest BCUT2D eigenvalue weighted by molar-refractivity contribution is -0.137. The maximum atomic E-state index is 12.0. The third-order valence-electron chi connectivity index (χ3n) is 3.75. The van der Waals surface area contributed by atoms with Gasteiger partial charge in [-0.2, -0.15) is 0 Å². The van der Waals surface area contributed by atoms with Crippen LogP contribution in [0.4, 0.5) is 0 Å². The van der Waals surface area contributed by atoms with E-state index in [4.69, 9.17) is 10.5 Å². The fraction of sp³-hybridized carbons (Fsp3) is 0.923. The van der Waals surface area contributed by atoms with E-state index in [1.807, 2.05) is 6.92 Å². The van der Waals surface area contributed by atoms with Crippen LogP contribution in [0, 0.1) is 5.92 Å². The second-order valence-electron chi connectivity index (χ2n) is 5.30. The number of hydrogen-bond acceptors (Lipinski definition) is 4. The average molecular weight is 258 g/mol. The number of aliphatic hydroxyl groups is 1. The van der Waals surface area contributed by atoms with Gasteiger partial charge in [0.05, 0.1) is 5.60 Å². The summed E-state index contributed by atoms with van der Waals surface area (Å²) in [4.78, 5) is 13.6. The van der Waals surface area contributed by atoms with E-state index < -0.39 is 5.60 Å². The molecule has 1 unspecified atom stereocenters. The van der Waals surface area contributed by atoms with Crippen LogP contribution in [0.3, 0.4) is 0 Å². The molecule has 0 aromatic heterocycles. The van der Waals surface area contributed by atoms with Gasteiger partial charge in [0.15, 0.2) is 0 Å². The molecule has 1 rings (SSSR count). The summed E-state index contributed by atoms with van der Waals surface area (Å²) in [5, 5.41) is 10.3. The lowest BCUT2D eigenvalue weighted by Gasteiger charge is -2.35. The Morgan fingerprint density at radius 1 is 1.50 bits per heavy atom. The van der Waals surface area contributed by atoms with Crippen molar-refractivity contribution in [2.75, 3.05) is 33.4 Å². The van der Waals surface area contributed by atoms with Crippen molar-refractivity contribution < 1.29 is 14.6 Å². The van der Waals surface area contributed by atoms with Gasteiger partial charge in [0.1, 0.15) is 0 Å². The molecular weight excluding hydrogens is 232 g/mol. The number of amides is 1. The van der Waals surface area contributed by atoms with Crippen molar-refractivity contribution in [3.63, 3.8) is 0 Å². The highest BCUT2D eigenvalue weighted by Gasteiger charge is 2.32. The first-order valence-electron chi connectivity index (χ1n) is 6.75. The van der Waals surface area contributed by atoms with E-state index in [2.05, 4.69) is 0 Å². The molecule has 5 nitrogen and oxygen atoms in total. The first-order chi connectivity index (χ1) is 8.50. The largest absolute Gasteiger partial charge is 0.388 e. The molecule has 1 heterocycles. The lowest BCUT2D eigenvalue weighted by Crippen LogP contribution is -2.47.